The van der Waals surface area contributed by atoms with E-state index in [1.165, 1.54) is 0 Å². The van der Waals surface area contributed by atoms with Gasteiger partial charge < -0.3 is 20.9 Å². The maximum atomic E-state index is 10.9. The summed E-state index contributed by atoms with van der Waals surface area (Å²) in [5, 5.41) is 11.8. The van der Waals surface area contributed by atoms with Crippen molar-refractivity contribution < 1.29 is 19.4 Å². The van der Waals surface area contributed by atoms with Gasteiger partial charge >= 0.3 is 5.97 Å². The summed E-state index contributed by atoms with van der Waals surface area (Å²) >= 11 is 0. The molecular formula is C13H18N2O4. The van der Waals surface area contributed by atoms with Gasteiger partial charge in [-0.25, -0.2) is 4.79 Å². The minimum Gasteiger partial charge on any atom is -0.493 e. The Balaban J connectivity index is 2.51. The number of anilines is 1. The van der Waals surface area contributed by atoms with Gasteiger partial charge in [0.05, 0.1) is 13.0 Å². The molecule has 1 aromatic rings. The predicted octanol–water partition coefficient (Wildman–Crippen LogP) is 1.22. The zero-order chi connectivity index (χ0) is 14.3. The fraction of sp³-hybridized carbons (Fsp3) is 0.385. The smallest absolute Gasteiger partial charge is 0.326 e. The topological polar surface area (TPSA) is 102 Å². The van der Waals surface area contributed by atoms with Crippen LogP contribution in [-0.2, 0) is 9.59 Å². The van der Waals surface area contributed by atoms with Crippen LogP contribution in [0.4, 0.5) is 5.69 Å². The third-order valence-corrected chi connectivity index (χ3v) is 2.52. The lowest BCUT2D eigenvalue weighted by Gasteiger charge is -2.14. The number of carbonyl (C=O) groups excluding carboxylic acids is 1. The molecule has 0 aliphatic rings. The molecule has 19 heavy (non-hydrogen) atoms. The van der Waals surface area contributed by atoms with Gasteiger partial charge in [0.15, 0.2) is 0 Å². The molecule has 0 saturated heterocycles. The standard InChI is InChI=1S/C13H18N2O4/c1-2-11(13(17)18)15-9-3-5-10(6-4-9)19-8-7-12(14)16/h3-6,11,15H,2,7-8H2,1H3,(H2,14,16)(H,17,18). The molecule has 6 nitrogen and oxygen atoms in total. The van der Waals surface area contributed by atoms with Crippen molar-refractivity contribution in [2.45, 2.75) is 25.8 Å². The van der Waals surface area contributed by atoms with E-state index < -0.39 is 17.9 Å². The van der Waals surface area contributed by atoms with Gasteiger partial charge in [-0.2, -0.15) is 0 Å². The van der Waals surface area contributed by atoms with Crippen LogP contribution in [-0.4, -0.2) is 29.6 Å². The summed E-state index contributed by atoms with van der Waals surface area (Å²) in [6, 6.07) is 6.26. The average molecular weight is 266 g/mol. The van der Waals surface area contributed by atoms with E-state index in [4.69, 9.17) is 15.6 Å². The van der Waals surface area contributed by atoms with Crippen molar-refractivity contribution in [2.24, 2.45) is 5.73 Å². The van der Waals surface area contributed by atoms with Crippen LogP contribution in [0.15, 0.2) is 24.3 Å². The lowest BCUT2D eigenvalue weighted by molar-refractivity contribution is -0.138. The van der Waals surface area contributed by atoms with Crippen molar-refractivity contribution in [1.29, 1.82) is 0 Å². The molecule has 0 aliphatic carbocycles. The van der Waals surface area contributed by atoms with E-state index in [0.29, 0.717) is 17.9 Å². The van der Waals surface area contributed by atoms with Crippen molar-refractivity contribution in [3.8, 4) is 5.75 Å². The number of amides is 1. The SMILES string of the molecule is CCC(Nc1ccc(OCCC(N)=O)cc1)C(=O)O. The van der Waals surface area contributed by atoms with Crippen LogP contribution in [0.3, 0.4) is 0 Å². The van der Waals surface area contributed by atoms with Gasteiger partial charge in [0.25, 0.3) is 0 Å². The van der Waals surface area contributed by atoms with Crippen LogP contribution >= 0.6 is 0 Å². The highest BCUT2D eigenvalue weighted by molar-refractivity contribution is 5.77. The van der Waals surface area contributed by atoms with Crippen LogP contribution in [0, 0.1) is 0 Å². The van der Waals surface area contributed by atoms with E-state index in [9.17, 15) is 9.59 Å². The third-order valence-electron chi connectivity index (χ3n) is 2.52. The van der Waals surface area contributed by atoms with Gasteiger partial charge in [-0.1, -0.05) is 6.92 Å². The molecule has 0 radical (unpaired) electrons. The lowest BCUT2D eigenvalue weighted by Crippen LogP contribution is -2.28. The molecule has 4 N–H and O–H groups in total. The van der Waals surface area contributed by atoms with Crippen molar-refractivity contribution >= 4 is 17.6 Å². The first kappa shape index (κ1) is 14.8. The van der Waals surface area contributed by atoms with Gasteiger partial charge in [-0.3, -0.25) is 4.79 Å². The molecule has 104 valence electrons. The number of ether oxygens (including phenoxy) is 1. The fourth-order valence-electron chi connectivity index (χ4n) is 1.46. The van der Waals surface area contributed by atoms with Crippen molar-refractivity contribution in [3.05, 3.63) is 24.3 Å². The summed E-state index contributed by atoms with van der Waals surface area (Å²) in [6.45, 7) is 2.03. The summed E-state index contributed by atoms with van der Waals surface area (Å²) in [5.41, 5.74) is 5.70. The summed E-state index contributed by atoms with van der Waals surface area (Å²) in [7, 11) is 0. The van der Waals surface area contributed by atoms with Crippen LogP contribution in [0.25, 0.3) is 0 Å². The van der Waals surface area contributed by atoms with Gasteiger partial charge in [0.2, 0.25) is 5.91 Å². The third kappa shape index (κ3) is 5.29. The number of aliphatic carboxylic acids is 1. The monoisotopic (exact) mass is 266 g/mol. The average Bonchev–Trinajstić information content (AvgIpc) is 2.37. The number of carboxylic acids is 1. The quantitative estimate of drug-likeness (QED) is 0.656. The number of rotatable bonds is 8. The van der Waals surface area contributed by atoms with Crippen molar-refractivity contribution in [2.75, 3.05) is 11.9 Å². The highest BCUT2D eigenvalue weighted by Crippen LogP contribution is 2.17. The molecule has 0 fully saturated rings. The Bertz CT molecular complexity index is 431. The fourth-order valence-corrected chi connectivity index (χ4v) is 1.46. The molecule has 0 heterocycles. The van der Waals surface area contributed by atoms with Crippen molar-refractivity contribution in [1.82, 2.24) is 0 Å². The second kappa shape index (κ2) is 7.25. The molecule has 0 saturated carbocycles. The highest BCUT2D eigenvalue weighted by atomic mass is 16.5. The Morgan fingerprint density at radius 3 is 2.47 bits per heavy atom. The Labute approximate surface area is 111 Å². The summed E-state index contributed by atoms with van der Waals surface area (Å²) in [4.78, 5) is 21.4. The van der Waals surface area contributed by atoms with Crippen LogP contribution in [0.1, 0.15) is 19.8 Å². The first-order valence-corrected chi connectivity index (χ1v) is 6.03. The molecule has 1 aromatic carbocycles. The summed E-state index contributed by atoms with van der Waals surface area (Å²) in [5.74, 6) is -0.690. The number of nitrogens with one attached hydrogen (secondary N) is 1. The Kier molecular flexibility index (Phi) is 5.66. The van der Waals surface area contributed by atoms with Crippen LogP contribution < -0.4 is 15.8 Å². The number of hydrogen-bond acceptors (Lipinski definition) is 4. The number of carbonyl (C=O) groups is 2. The normalized spacial score (nSPS) is 11.6. The van der Waals surface area contributed by atoms with Crippen LogP contribution in [0.2, 0.25) is 0 Å². The zero-order valence-electron chi connectivity index (χ0n) is 10.8. The Morgan fingerprint density at radius 2 is 2.00 bits per heavy atom. The first-order chi connectivity index (χ1) is 9.02. The molecule has 1 unspecified atom stereocenters. The number of nitrogens with two attached hydrogens (primary N) is 1. The second-order valence-electron chi connectivity index (χ2n) is 4.03. The highest BCUT2D eigenvalue weighted by Gasteiger charge is 2.13. The molecule has 0 spiro atoms. The predicted molar refractivity (Wildman–Crippen MR) is 71.1 cm³/mol. The minimum atomic E-state index is -0.885. The van der Waals surface area contributed by atoms with E-state index in [1.54, 1.807) is 31.2 Å². The van der Waals surface area contributed by atoms with Crippen molar-refractivity contribution in [3.63, 3.8) is 0 Å². The molecule has 0 aliphatic heterocycles. The molecule has 1 atom stereocenters. The van der Waals surface area contributed by atoms with E-state index >= 15 is 0 Å². The number of carboxylic acid groups (broad SMARTS) is 1. The second-order valence-corrected chi connectivity index (χ2v) is 4.03. The number of primary amides is 1. The van der Waals surface area contributed by atoms with E-state index in [1.807, 2.05) is 0 Å². The number of hydrogen-bond donors (Lipinski definition) is 3. The van der Waals surface area contributed by atoms with Gasteiger partial charge in [0.1, 0.15) is 11.8 Å². The van der Waals surface area contributed by atoms with Gasteiger partial charge in [-0.05, 0) is 30.7 Å². The Hall–Kier alpha value is -2.24. The Morgan fingerprint density at radius 1 is 1.37 bits per heavy atom. The van der Waals surface area contributed by atoms with E-state index in [2.05, 4.69) is 5.32 Å². The lowest BCUT2D eigenvalue weighted by atomic mass is 10.2. The molecule has 1 amide bonds. The minimum absolute atomic E-state index is 0.164. The molecule has 0 aromatic heterocycles. The van der Waals surface area contributed by atoms with Gasteiger partial charge in [0, 0.05) is 5.69 Å². The molecule has 0 bridgehead atoms. The first-order valence-electron chi connectivity index (χ1n) is 6.03. The molecular weight excluding hydrogens is 248 g/mol. The largest absolute Gasteiger partial charge is 0.493 e. The van der Waals surface area contributed by atoms with Gasteiger partial charge in [-0.15, -0.1) is 0 Å². The zero-order valence-corrected chi connectivity index (χ0v) is 10.8. The number of benzene rings is 1. The maximum Gasteiger partial charge on any atom is 0.326 e. The molecule has 6 heteroatoms. The molecule has 1 rings (SSSR count). The van der Waals surface area contributed by atoms with Crippen LogP contribution in [0.5, 0.6) is 5.75 Å². The van der Waals surface area contributed by atoms with E-state index in [-0.39, 0.29) is 13.0 Å². The van der Waals surface area contributed by atoms with E-state index in [0.717, 1.165) is 0 Å². The summed E-state index contributed by atoms with van der Waals surface area (Å²) in [6.07, 6.45) is 0.656. The maximum absolute atomic E-state index is 10.9. The summed E-state index contributed by atoms with van der Waals surface area (Å²) < 4.78 is 5.31.